The number of rotatable bonds is 7. The van der Waals surface area contributed by atoms with E-state index >= 15 is 0 Å². The van der Waals surface area contributed by atoms with Crippen LogP contribution < -0.4 is 0 Å². The Morgan fingerprint density at radius 3 is 2.30 bits per heavy atom. The number of carbonyl (C=O) groups excluding carboxylic acids is 2. The number of esters is 1. The van der Waals surface area contributed by atoms with Gasteiger partial charge in [0.05, 0.1) is 19.9 Å². The summed E-state index contributed by atoms with van der Waals surface area (Å²) >= 11 is 0. The summed E-state index contributed by atoms with van der Waals surface area (Å²) in [5.74, 6) is -1.03. The van der Waals surface area contributed by atoms with Gasteiger partial charge in [0, 0.05) is 13.6 Å². The van der Waals surface area contributed by atoms with Crippen LogP contribution in [-0.4, -0.2) is 63.0 Å². The third-order valence-corrected chi connectivity index (χ3v) is 4.71. The van der Waals surface area contributed by atoms with Gasteiger partial charge in [-0.2, -0.15) is 4.31 Å². The SMILES string of the molecule is COC(=O)CN(Cc1ccccc1C)C(=O)CN(C)S(C)(=O)=O. The van der Waals surface area contributed by atoms with Crippen molar-refractivity contribution in [3.8, 4) is 0 Å². The molecule has 0 saturated carbocycles. The molecule has 0 spiro atoms. The molecule has 1 aromatic rings. The van der Waals surface area contributed by atoms with Crippen LogP contribution in [0.4, 0.5) is 0 Å². The normalized spacial score (nSPS) is 11.3. The molecule has 0 radical (unpaired) electrons. The Kier molecular flexibility index (Phi) is 6.71. The van der Waals surface area contributed by atoms with E-state index < -0.39 is 21.9 Å². The van der Waals surface area contributed by atoms with Crippen molar-refractivity contribution in [3.63, 3.8) is 0 Å². The summed E-state index contributed by atoms with van der Waals surface area (Å²) in [6.07, 6.45) is 1.02. The zero-order valence-corrected chi connectivity index (χ0v) is 14.6. The van der Waals surface area contributed by atoms with Crippen LogP contribution in [0.2, 0.25) is 0 Å². The van der Waals surface area contributed by atoms with E-state index in [9.17, 15) is 18.0 Å². The number of aryl methyl sites for hydroxylation is 1. The lowest BCUT2D eigenvalue weighted by Crippen LogP contribution is -2.43. The number of ether oxygens (including phenoxy) is 1. The van der Waals surface area contributed by atoms with Crippen LogP contribution in [0.3, 0.4) is 0 Å². The van der Waals surface area contributed by atoms with Crippen molar-refractivity contribution in [3.05, 3.63) is 35.4 Å². The highest BCUT2D eigenvalue weighted by Crippen LogP contribution is 2.11. The van der Waals surface area contributed by atoms with Crippen molar-refractivity contribution in [1.82, 2.24) is 9.21 Å². The van der Waals surface area contributed by atoms with Crippen molar-refractivity contribution in [2.24, 2.45) is 0 Å². The van der Waals surface area contributed by atoms with Crippen LogP contribution in [0.25, 0.3) is 0 Å². The first kappa shape index (κ1) is 19.1. The van der Waals surface area contributed by atoms with Crippen molar-refractivity contribution in [2.45, 2.75) is 13.5 Å². The molecule has 23 heavy (non-hydrogen) atoms. The van der Waals surface area contributed by atoms with Gasteiger partial charge in [0.2, 0.25) is 15.9 Å². The summed E-state index contributed by atoms with van der Waals surface area (Å²) in [6.45, 7) is 1.54. The van der Waals surface area contributed by atoms with Crippen molar-refractivity contribution < 1.29 is 22.7 Å². The molecule has 1 rings (SSSR count). The highest BCUT2D eigenvalue weighted by Gasteiger charge is 2.23. The molecule has 8 heteroatoms. The number of sulfonamides is 1. The maximum absolute atomic E-state index is 12.4. The lowest BCUT2D eigenvalue weighted by Gasteiger charge is -2.24. The maximum Gasteiger partial charge on any atom is 0.325 e. The molecule has 0 N–H and O–H groups in total. The van der Waals surface area contributed by atoms with Crippen LogP contribution in [0.15, 0.2) is 24.3 Å². The van der Waals surface area contributed by atoms with E-state index in [1.807, 2.05) is 31.2 Å². The number of benzene rings is 1. The molecular formula is C15H22N2O5S. The second-order valence-electron chi connectivity index (χ2n) is 5.27. The highest BCUT2D eigenvalue weighted by atomic mass is 32.2. The fourth-order valence-electron chi connectivity index (χ4n) is 1.85. The predicted octanol–water partition coefficient (Wildman–Crippen LogP) is 0.388. The number of hydrogen-bond donors (Lipinski definition) is 0. The first-order chi connectivity index (χ1) is 10.6. The summed E-state index contributed by atoms with van der Waals surface area (Å²) in [5.41, 5.74) is 1.86. The molecule has 0 heterocycles. The Morgan fingerprint density at radius 2 is 1.78 bits per heavy atom. The molecule has 0 bridgehead atoms. The van der Waals surface area contributed by atoms with E-state index in [2.05, 4.69) is 4.74 Å². The van der Waals surface area contributed by atoms with Crippen LogP contribution in [-0.2, 0) is 30.9 Å². The molecule has 0 aliphatic heterocycles. The molecule has 0 atom stereocenters. The van der Waals surface area contributed by atoms with Gasteiger partial charge < -0.3 is 9.64 Å². The molecule has 128 valence electrons. The molecule has 0 aliphatic carbocycles. The Morgan fingerprint density at radius 1 is 1.17 bits per heavy atom. The van der Waals surface area contributed by atoms with Crippen LogP contribution >= 0.6 is 0 Å². The largest absolute Gasteiger partial charge is 0.468 e. The number of carbonyl (C=O) groups is 2. The zero-order chi connectivity index (χ0) is 17.6. The van der Waals surface area contributed by atoms with Gasteiger partial charge in [-0.25, -0.2) is 8.42 Å². The fourth-order valence-corrected chi connectivity index (χ4v) is 2.20. The molecule has 1 aromatic carbocycles. The van der Waals surface area contributed by atoms with E-state index in [4.69, 9.17) is 0 Å². The summed E-state index contributed by atoms with van der Waals surface area (Å²) in [4.78, 5) is 25.2. The number of nitrogens with zero attached hydrogens (tertiary/aromatic N) is 2. The molecule has 7 nitrogen and oxygen atoms in total. The quantitative estimate of drug-likeness (QED) is 0.669. The lowest BCUT2D eigenvalue weighted by molar-refractivity contribution is -0.147. The molecule has 1 amide bonds. The predicted molar refractivity (Wildman–Crippen MR) is 86.1 cm³/mol. The summed E-state index contributed by atoms with van der Waals surface area (Å²) in [7, 11) is -0.923. The van der Waals surface area contributed by atoms with Gasteiger partial charge in [-0.15, -0.1) is 0 Å². The van der Waals surface area contributed by atoms with E-state index in [-0.39, 0.29) is 19.6 Å². The van der Waals surface area contributed by atoms with Gasteiger partial charge >= 0.3 is 5.97 Å². The smallest absolute Gasteiger partial charge is 0.325 e. The molecule has 0 saturated heterocycles. The maximum atomic E-state index is 12.4. The number of hydrogen-bond acceptors (Lipinski definition) is 5. The molecule has 0 aliphatic rings. The number of methoxy groups -OCH3 is 1. The first-order valence-electron chi connectivity index (χ1n) is 6.95. The zero-order valence-electron chi connectivity index (χ0n) is 13.8. The van der Waals surface area contributed by atoms with Crippen LogP contribution in [0, 0.1) is 6.92 Å². The number of likely N-dealkylation sites (N-methyl/N-ethyl adjacent to an activating group) is 1. The van der Waals surface area contributed by atoms with Gasteiger partial charge in [0.25, 0.3) is 0 Å². The second-order valence-corrected chi connectivity index (χ2v) is 7.36. The van der Waals surface area contributed by atoms with Crippen LogP contribution in [0.5, 0.6) is 0 Å². The van der Waals surface area contributed by atoms with Gasteiger partial charge in [0.1, 0.15) is 6.54 Å². The van der Waals surface area contributed by atoms with E-state index in [0.717, 1.165) is 21.7 Å². The topological polar surface area (TPSA) is 84.0 Å². The first-order valence-corrected chi connectivity index (χ1v) is 8.80. The fraction of sp³-hybridized carbons (Fsp3) is 0.467. The van der Waals surface area contributed by atoms with Crippen molar-refractivity contribution in [1.29, 1.82) is 0 Å². The van der Waals surface area contributed by atoms with Crippen molar-refractivity contribution >= 4 is 21.9 Å². The van der Waals surface area contributed by atoms with Gasteiger partial charge in [-0.3, -0.25) is 9.59 Å². The average molecular weight is 342 g/mol. The molecular weight excluding hydrogens is 320 g/mol. The minimum absolute atomic E-state index is 0.207. The van der Waals surface area contributed by atoms with Gasteiger partial charge in [-0.05, 0) is 18.1 Å². The Labute approximate surface area is 136 Å². The molecule has 0 fully saturated rings. The summed E-state index contributed by atoms with van der Waals surface area (Å²) < 4.78 is 28.4. The third kappa shape index (κ3) is 5.99. The monoisotopic (exact) mass is 342 g/mol. The van der Waals surface area contributed by atoms with Gasteiger partial charge in [-0.1, -0.05) is 24.3 Å². The average Bonchev–Trinajstić information content (AvgIpc) is 2.47. The van der Waals surface area contributed by atoms with E-state index in [1.165, 1.54) is 19.1 Å². The highest BCUT2D eigenvalue weighted by molar-refractivity contribution is 7.88. The lowest BCUT2D eigenvalue weighted by atomic mass is 10.1. The minimum atomic E-state index is -3.48. The third-order valence-electron chi connectivity index (χ3n) is 3.45. The Bertz CT molecular complexity index is 672. The molecule has 0 unspecified atom stereocenters. The van der Waals surface area contributed by atoms with E-state index in [0.29, 0.717) is 0 Å². The Balaban J connectivity index is 2.94. The van der Waals surface area contributed by atoms with E-state index in [1.54, 1.807) is 0 Å². The van der Waals surface area contributed by atoms with Crippen molar-refractivity contribution in [2.75, 3.05) is 33.5 Å². The van der Waals surface area contributed by atoms with Crippen LogP contribution in [0.1, 0.15) is 11.1 Å². The second kappa shape index (κ2) is 8.07. The summed E-state index contributed by atoms with van der Waals surface area (Å²) in [5, 5.41) is 0. The number of amides is 1. The molecule has 0 aromatic heterocycles. The van der Waals surface area contributed by atoms with Gasteiger partial charge in [0.15, 0.2) is 0 Å². The standard InChI is InChI=1S/C15H22N2O5S/c1-12-7-5-6-8-13(12)9-17(11-15(19)22-3)14(18)10-16(2)23(4,20)21/h5-8H,9-11H2,1-4H3. The Hall–Kier alpha value is -1.93. The summed E-state index contributed by atoms with van der Waals surface area (Å²) in [6, 6.07) is 7.47. The minimum Gasteiger partial charge on any atom is -0.468 e.